The molecule has 0 radical (unpaired) electrons. The van der Waals surface area contributed by atoms with Gasteiger partial charge >= 0.3 is 5.97 Å². The molecular formula is C18H18N2O4. The van der Waals surface area contributed by atoms with Crippen molar-refractivity contribution in [2.24, 2.45) is 0 Å². The number of hydrogen-bond acceptors (Lipinski definition) is 4. The Kier molecular flexibility index (Phi) is 4.86. The van der Waals surface area contributed by atoms with Crippen LogP contribution >= 0.6 is 0 Å². The third-order valence-corrected chi connectivity index (χ3v) is 4.04. The quantitative estimate of drug-likeness (QED) is 0.869. The van der Waals surface area contributed by atoms with Crippen LogP contribution in [0.4, 0.5) is 0 Å². The van der Waals surface area contributed by atoms with Gasteiger partial charge in [-0.2, -0.15) is 0 Å². The highest BCUT2D eigenvalue weighted by Crippen LogP contribution is 2.27. The minimum atomic E-state index is -1.08. The number of nitrogens with one attached hydrogen (secondary N) is 1. The molecule has 2 N–H and O–H groups in total. The molecule has 1 aliphatic rings. The second kappa shape index (κ2) is 7.23. The van der Waals surface area contributed by atoms with Crippen LogP contribution in [0.15, 0.2) is 48.8 Å². The van der Waals surface area contributed by atoms with Crippen LogP contribution in [0.3, 0.4) is 0 Å². The summed E-state index contributed by atoms with van der Waals surface area (Å²) in [7, 11) is 0. The minimum absolute atomic E-state index is 0.192. The van der Waals surface area contributed by atoms with Crippen LogP contribution in [0.1, 0.15) is 22.8 Å². The van der Waals surface area contributed by atoms with Crippen LogP contribution in [0, 0.1) is 0 Å². The third-order valence-electron chi connectivity index (χ3n) is 4.04. The van der Waals surface area contributed by atoms with Crippen LogP contribution in [-0.2, 0) is 27.2 Å². The smallest absolute Gasteiger partial charge is 0.326 e. The zero-order chi connectivity index (χ0) is 16.9. The second-order valence-electron chi connectivity index (χ2n) is 5.66. The van der Waals surface area contributed by atoms with Crippen molar-refractivity contribution >= 4 is 11.9 Å². The van der Waals surface area contributed by atoms with Crippen molar-refractivity contribution in [1.82, 2.24) is 10.3 Å². The van der Waals surface area contributed by atoms with Gasteiger partial charge in [0.15, 0.2) is 6.10 Å². The summed E-state index contributed by atoms with van der Waals surface area (Å²) >= 11 is 0. The van der Waals surface area contributed by atoms with Gasteiger partial charge in [0, 0.05) is 18.8 Å². The van der Waals surface area contributed by atoms with Crippen molar-refractivity contribution in [2.75, 3.05) is 6.61 Å². The van der Waals surface area contributed by atoms with Crippen molar-refractivity contribution in [2.45, 2.75) is 25.0 Å². The van der Waals surface area contributed by atoms with Gasteiger partial charge in [-0.3, -0.25) is 9.78 Å². The van der Waals surface area contributed by atoms with Gasteiger partial charge in [0.1, 0.15) is 6.04 Å². The van der Waals surface area contributed by atoms with Crippen molar-refractivity contribution in [3.05, 3.63) is 65.5 Å². The lowest BCUT2D eigenvalue weighted by molar-refractivity contribution is -0.144. The summed E-state index contributed by atoms with van der Waals surface area (Å²) in [5, 5.41) is 12.0. The summed E-state index contributed by atoms with van der Waals surface area (Å²) in [6.07, 6.45) is 3.36. The van der Waals surface area contributed by atoms with E-state index in [4.69, 9.17) is 4.74 Å². The highest BCUT2D eigenvalue weighted by atomic mass is 16.5. The molecule has 6 heteroatoms. The Labute approximate surface area is 139 Å². The Morgan fingerprint density at radius 3 is 2.75 bits per heavy atom. The van der Waals surface area contributed by atoms with Gasteiger partial charge in [-0.15, -0.1) is 0 Å². The summed E-state index contributed by atoms with van der Waals surface area (Å²) in [5.74, 6) is -1.51. The third kappa shape index (κ3) is 3.60. The summed E-state index contributed by atoms with van der Waals surface area (Å²) in [6.45, 7) is 0.442. The first-order valence-electron chi connectivity index (χ1n) is 7.76. The molecule has 2 aromatic rings. The lowest BCUT2D eigenvalue weighted by Gasteiger charge is -2.26. The molecular weight excluding hydrogens is 308 g/mol. The molecule has 0 spiro atoms. The highest BCUT2D eigenvalue weighted by Gasteiger charge is 2.30. The van der Waals surface area contributed by atoms with E-state index in [9.17, 15) is 14.7 Å². The SMILES string of the molecule is O=C(O)C(Cc1ccncc1)NC(=O)C1OCCc2ccccc21. The van der Waals surface area contributed by atoms with E-state index in [0.717, 1.165) is 23.1 Å². The monoisotopic (exact) mass is 326 g/mol. The van der Waals surface area contributed by atoms with E-state index < -0.39 is 24.0 Å². The van der Waals surface area contributed by atoms with Crippen molar-refractivity contribution < 1.29 is 19.4 Å². The first-order valence-corrected chi connectivity index (χ1v) is 7.76. The lowest BCUT2D eigenvalue weighted by Crippen LogP contribution is -2.45. The molecule has 1 aromatic heterocycles. The van der Waals surface area contributed by atoms with Crippen LogP contribution < -0.4 is 5.32 Å². The fourth-order valence-electron chi connectivity index (χ4n) is 2.81. The number of aliphatic carboxylic acids is 1. The molecule has 6 nitrogen and oxygen atoms in total. The van der Waals surface area contributed by atoms with Gasteiger partial charge in [-0.25, -0.2) is 4.79 Å². The molecule has 3 rings (SSSR count). The van der Waals surface area contributed by atoms with Gasteiger partial charge in [-0.1, -0.05) is 24.3 Å². The van der Waals surface area contributed by atoms with E-state index in [1.54, 1.807) is 24.5 Å². The van der Waals surface area contributed by atoms with Crippen molar-refractivity contribution in [3.8, 4) is 0 Å². The van der Waals surface area contributed by atoms with Crippen LogP contribution in [0.5, 0.6) is 0 Å². The molecule has 1 aliphatic heterocycles. The molecule has 2 atom stereocenters. The van der Waals surface area contributed by atoms with E-state index in [-0.39, 0.29) is 6.42 Å². The van der Waals surface area contributed by atoms with E-state index in [2.05, 4.69) is 10.3 Å². The van der Waals surface area contributed by atoms with Crippen LogP contribution in [0.25, 0.3) is 0 Å². The predicted molar refractivity (Wildman–Crippen MR) is 86.3 cm³/mol. The molecule has 0 fully saturated rings. The maximum Gasteiger partial charge on any atom is 0.326 e. The number of rotatable bonds is 5. The maximum atomic E-state index is 12.6. The number of carboxylic acids is 1. The normalized spacial score (nSPS) is 17.6. The average Bonchev–Trinajstić information content (AvgIpc) is 2.61. The zero-order valence-electron chi connectivity index (χ0n) is 13.0. The van der Waals surface area contributed by atoms with Gasteiger partial charge in [0.25, 0.3) is 5.91 Å². The van der Waals surface area contributed by atoms with E-state index in [1.165, 1.54) is 0 Å². The molecule has 2 unspecified atom stereocenters. The number of amides is 1. The number of aromatic nitrogens is 1. The van der Waals surface area contributed by atoms with Gasteiger partial charge in [0.05, 0.1) is 6.61 Å². The van der Waals surface area contributed by atoms with Crippen LogP contribution in [-0.4, -0.2) is 34.6 Å². The molecule has 0 aliphatic carbocycles. The Hall–Kier alpha value is -2.73. The Morgan fingerprint density at radius 2 is 2.00 bits per heavy atom. The number of carboxylic acid groups (broad SMARTS) is 1. The maximum absolute atomic E-state index is 12.6. The number of hydrogen-bond donors (Lipinski definition) is 2. The number of carbonyl (C=O) groups is 2. The lowest BCUT2D eigenvalue weighted by atomic mass is 9.96. The number of fused-ring (bicyclic) bond motifs is 1. The molecule has 0 bridgehead atoms. The first kappa shape index (κ1) is 16.1. The van der Waals surface area contributed by atoms with E-state index >= 15 is 0 Å². The van der Waals surface area contributed by atoms with Crippen molar-refractivity contribution in [3.63, 3.8) is 0 Å². The number of ether oxygens (including phenoxy) is 1. The fourth-order valence-corrected chi connectivity index (χ4v) is 2.81. The second-order valence-corrected chi connectivity index (χ2v) is 5.66. The molecule has 124 valence electrons. The number of benzene rings is 1. The number of carbonyl (C=O) groups excluding carboxylic acids is 1. The Balaban J connectivity index is 1.74. The minimum Gasteiger partial charge on any atom is -0.480 e. The topological polar surface area (TPSA) is 88.5 Å². The summed E-state index contributed by atoms with van der Waals surface area (Å²) < 4.78 is 5.58. The number of pyridine rings is 1. The van der Waals surface area contributed by atoms with Gasteiger partial charge in [0.2, 0.25) is 0 Å². The molecule has 0 saturated heterocycles. The van der Waals surface area contributed by atoms with Crippen molar-refractivity contribution in [1.29, 1.82) is 0 Å². The highest BCUT2D eigenvalue weighted by molar-refractivity contribution is 5.87. The summed E-state index contributed by atoms with van der Waals surface area (Å²) in [6, 6.07) is 10.0. The average molecular weight is 326 g/mol. The fraction of sp³-hybridized carbons (Fsp3) is 0.278. The summed E-state index contributed by atoms with van der Waals surface area (Å²) in [5.41, 5.74) is 2.65. The molecule has 0 saturated carbocycles. The van der Waals surface area contributed by atoms with Gasteiger partial charge < -0.3 is 15.2 Å². The van der Waals surface area contributed by atoms with Gasteiger partial charge in [-0.05, 0) is 35.2 Å². The van der Waals surface area contributed by atoms with E-state index in [1.807, 2.05) is 24.3 Å². The summed E-state index contributed by atoms with van der Waals surface area (Å²) in [4.78, 5) is 28.0. The van der Waals surface area contributed by atoms with E-state index in [0.29, 0.717) is 6.61 Å². The Bertz CT molecular complexity index is 733. The largest absolute Gasteiger partial charge is 0.480 e. The van der Waals surface area contributed by atoms with Crippen LogP contribution in [0.2, 0.25) is 0 Å². The first-order chi connectivity index (χ1) is 11.6. The molecule has 1 amide bonds. The molecule has 1 aromatic carbocycles. The Morgan fingerprint density at radius 1 is 1.25 bits per heavy atom. The molecule has 24 heavy (non-hydrogen) atoms. The zero-order valence-corrected chi connectivity index (χ0v) is 13.0. The predicted octanol–water partition coefficient (Wildman–Crippen LogP) is 1.51. The standard InChI is InChI=1S/C18H18N2O4/c21-17(16-14-4-2-1-3-13(14)7-10-24-16)20-15(18(22)23)11-12-5-8-19-9-6-12/h1-6,8-9,15-16H,7,10-11H2,(H,20,21)(H,22,23). The number of nitrogens with zero attached hydrogens (tertiary/aromatic N) is 1. The molecule has 2 heterocycles.